The van der Waals surface area contributed by atoms with Gasteiger partial charge in [0.2, 0.25) is 15.9 Å². The van der Waals surface area contributed by atoms with Crippen molar-refractivity contribution in [2.75, 3.05) is 5.32 Å². The maximum Gasteiger partial charge on any atom is 0.238 e. The minimum atomic E-state index is -3.71. The molecule has 0 radical (unpaired) electrons. The number of nitrogens with two attached hydrogens (primary N) is 1. The number of hydrogen-bond donors (Lipinski definition) is 2. The first kappa shape index (κ1) is 14.7. The summed E-state index contributed by atoms with van der Waals surface area (Å²) in [6.45, 7) is 5.40. The maximum absolute atomic E-state index is 11.7. The van der Waals surface area contributed by atoms with Crippen molar-refractivity contribution < 1.29 is 13.2 Å². The first-order chi connectivity index (χ1) is 8.25. The predicted octanol–water partition coefficient (Wildman–Crippen LogP) is 1.63. The van der Waals surface area contributed by atoms with Gasteiger partial charge in [-0.25, -0.2) is 13.6 Å². The molecule has 3 N–H and O–H groups in total. The van der Waals surface area contributed by atoms with Crippen molar-refractivity contribution in [2.24, 2.45) is 11.1 Å². The summed E-state index contributed by atoms with van der Waals surface area (Å²) in [7, 11) is -3.71. The lowest BCUT2D eigenvalue weighted by atomic mass is 10.1. The molecule has 0 aliphatic rings. The number of sulfonamides is 1. The van der Waals surface area contributed by atoms with Gasteiger partial charge in [0, 0.05) is 11.6 Å². The van der Waals surface area contributed by atoms with Gasteiger partial charge in [-0.1, -0.05) is 13.8 Å². The largest absolute Gasteiger partial charge is 0.326 e. The average molecular weight is 270 g/mol. The highest BCUT2D eigenvalue weighted by atomic mass is 32.2. The minimum Gasteiger partial charge on any atom is -0.326 e. The van der Waals surface area contributed by atoms with Crippen LogP contribution in [0.25, 0.3) is 0 Å². The van der Waals surface area contributed by atoms with Crippen LogP contribution in [0.1, 0.15) is 25.8 Å². The zero-order valence-corrected chi connectivity index (χ0v) is 11.5. The Kier molecular flexibility index (Phi) is 4.48. The van der Waals surface area contributed by atoms with E-state index >= 15 is 0 Å². The standard InChI is InChI=1S/C12H18N2O3S/c1-4-8(2)12(15)14-10-5-6-11(9(3)7-10)18(13,16)17/h5-8H,4H2,1-3H3,(H,14,15)(H2,13,16,17). The molecule has 6 heteroatoms. The summed E-state index contributed by atoms with van der Waals surface area (Å²) < 4.78 is 22.5. The Morgan fingerprint density at radius 3 is 2.50 bits per heavy atom. The summed E-state index contributed by atoms with van der Waals surface area (Å²) in [6.07, 6.45) is 0.750. The zero-order valence-electron chi connectivity index (χ0n) is 10.7. The van der Waals surface area contributed by atoms with Crippen molar-refractivity contribution in [1.29, 1.82) is 0 Å². The van der Waals surface area contributed by atoms with Crippen LogP contribution < -0.4 is 10.5 Å². The highest BCUT2D eigenvalue weighted by Gasteiger charge is 2.14. The smallest absolute Gasteiger partial charge is 0.238 e. The fourth-order valence-electron chi connectivity index (χ4n) is 1.50. The van der Waals surface area contributed by atoms with Crippen molar-refractivity contribution >= 4 is 21.6 Å². The van der Waals surface area contributed by atoms with Gasteiger partial charge in [-0.2, -0.15) is 0 Å². The van der Waals surface area contributed by atoms with Crippen molar-refractivity contribution in [1.82, 2.24) is 0 Å². The molecule has 1 atom stereocenters. The van der Waals surface area contributed by atoms with E-state index in [1.165, 1.54) is 12.1 Å². The van der Waals surface area contributed by atoms with Crippen LogP contribution >= 0.6 is 0 Å². The van der Waals surface area contributed by atoms with Crippen molar-refractivity contribution in [3.8, 4) is 0 Å². The van der Waals surface area contributed by atoms with E-state index in [2.05, 4.69) is 5.32 Å². The van der Waals surface area contributed by atoms with Crippen LogP contribution in [0.5, 0.6) is 0 Å². The topological polar surface area (TPSA) is 89.3 Å². The summed E-state index contributed by atoms with van der Waals surface area (Å²) in [4.78, 5) is 11.8. The predicted molar refractivity (Wildman–Crippen MR) is 70.6 cm³/mol. The zero-order chi connectivity index (χ0) is 13.9. The van der Waals surface area contributed by atoms with E-state index in [1.54, 1.807) is 13.0 Å². The lowest BCUT2D eigenvalue weighted by Crippen LogP contribution is -2.20. The van der Waals surface area contributed by atoms with E-state index in [0.29, 0.717) is 11.3 Å². The Hall–Kier alpha value is -1.40. The number of hydrogen-bond acceptors (Lipinski definition) is 3. The molecular weight excluding hydrogens is 252 g/mol. The molecule has 5 nitrogen and oxygen atoms in total. The van der Waals surface area contributed by atoms with Gasteiger partial charge in [-0.3, -0.25) is 4.79 Å². The van der Waals surface area contributed by atoms with Crippen molar-refractivity contribution in [3.05, 3.63) is 23.8 Å². The van der Waals surface area contributed by atoms with Crippen molar-refractivity contribution in [3.63, 3.8) is 0 Å². The molecule has 1 amide bonds. The molecule has 0 fully saturated rings. The third-order valence-electron chi connectivity index (χ3n) is 2.81. The number of amides is 1. The number of rotatable bonds is 4. The number of aryl methyl sites for hydroxylation is 1. The van der Waals surface area contributed by atoms with Gasteiger partial charge in [-0.05, 0) is 37.1 Å². The molecule has 18 heavy (non-hydrogen) atoms. The van der Waals surface area contributed by atoms with E-state index in [-0.39, 0.29) is 16.7 Å². The van der Waals surface area contributed by atoms with Gasteiger partial charge >= 0.3 is 0 Å². The molecule has 100 valence electrons. The molecule has 1 rings (SSSR count). The van der Waals surface area contributed by atoms with E-state index < -0.39 is 10.0 Å². The molecule has 0 bridgehead atoms. The van der Waals surface area contributed by atoms with E-state index in [9.17, 15) is 13.2 Å². The third kappa shape index (κ3) is 3.54. The van der Waals surface area contributed by atoms with Crippen LogP contribution in [-0.4, -0.2) is 14.3 Å². The number of primary sulfonamides is 1. The van der Waals surface area contributed by atoms with E-state index in [1.807, 2.05) is 13.8 Å². The summed E-state index contributed by atoms with van der Waals surface area (Å²) in [5.74, 6) is -0.163. The van der Waals surface area contributed by atoms with Gasteiger partial charge in [-0.15, -0.1) is 0 Å². The van der Waals surface area contributed by atoms with Crippen LogP contribution in [0.2, 0.25) is 0 Å². The molecule has 1 unspecified atom stereocenters. The van der Waals surface area contributed by atoms with Gasteiger partial charge in [0.1, 0.15) is 0 Å². The van der Waals surface area contributed by atoms with Gasteiger partial charge < -0.3 is 5.32 Å². The Morgan fingerprint density at radius 2 is 2.06 bits per heavy atom. The van der Waals surface area contributed by atoms with E-state index in [4.69, 9.17) is 5.14 Å². The first-order valence-electron chi connectivity index (χ1n) is 5.70. The number of benzene rings is 1. The molecule has 0 saturated heterocycles. The highest BCUT2D eigenvalue weighted by molar-refractivity contribution is 7.89. The highest BCUT2D eigenvalue weighted by Crippen LogP contribution is 2.19. The maximum atomic E-state index is 11.7. The van der Waals surface area contributed by atoms with Crippen molar-refractivity contribution in [2.45, 2.75) is 32.1 Å². The summed E-state index contributed by atoms with van der Waals surface area (Å²) in [5, 5.41) is 7.80. The molecule has 0 saturated carbocycles. The molecular formula is C12H18N2O3S. The average Bonchev–Trinajstić information content (AvgIpc) is 2.26. The van der Waals surface area contributed by atoms with Gasteiger partial charge in [0.05, 0.1) is 4.90 Å². The Balaban J connectivity index is 2.96. The molecule has 1 aromatic carbocycles. The summed E-state index contributed by atoms with van der Waals surface area (Å²) in [5.41, 5.74) is 1.09. The Morgan fingerprint density at radius 1 is 1.44 bits per heavy atom. The van der Waals surface area contributed by atoms with Gasteiger partial charge in [0.25, 0.3) is 0 Å². The lowest BCUT2D eigenvalue weighted by molar-refractivity contribution is -0.119. The number of carbonyl (C=O) groups is 1. The molecule has 0 aliphatic carbocycles. The number of anilines is 1. The monoisotopic (exact) mass is 270 g/mol. The molecule has 1 aromatic rings. The fraction of sp³-hybridized carbons (Fsp3) is 0.417. The van der Waals surface area contributed by atoms with Gasteiger partial charge in [0.15, 0.2) is 0 Å². The van der Waals surface area contributed by atoms with Crippen LogP contribution in [0.15, 0.2) is 23.1 Å². The second-order valence-corrected chi connectivity index (χ2v) is 5.85. The lowest BCUT2D eigenvalue weighted by Gasteiger charge is -2.11. The first-order valence-corrected chi connectivity index (χ1v) is 7.24. The summed E-state index contributed by atoms with van der Waals surface area (Å²) in [6, 6.07) is 4.53. The quantitative estimate of drug-likeness (QED) is 0.871. The number of carbonyl (C=O) groups excluding carboxylic acids is 1. The Labute approximate surface area is 107 Å². The van der Waals surface area contributed by atoms with Crippen LogP contribution in [0.4, 0.5) is 5.69 Å². The SMILES string of the molecule is CCC(C)C(=O)Nc1ccc(S(N)(=O)=O)c(C)c1. The fourth-order valence-corrected chi connectivity index (χ4v) is 2.26. The van der Waals surface area contributed by atoms with Crippen LogP contribution in [-0.2, 0) is 14.8 Å². The molecule has 0 aliphatic heterocycles. The second kappa shape index (κ2) is 5.49. The van der Waals surface area contributed by atoms with Crippen LogP contribution in [0, 0.1) is 12.8 Å². The Bertz CT molecular complexity index is 552. The third-order valence-corrected chi connectivity index (χ3v) is 3.88. The number of nitrogens with one attached hydrogen (secondary N) is 1. The normalized spacial score (nSPS) is 13.1. The summed E-state index contributed by atoms with van der Waals surface area (Å²) >= 11 is 0. The minimum absolute atomic E-state index is 0.0732. The molecule has 0 heterocycles. The molecule has 0 aromatic heterocycles. The second-order valence-electron chi connectivity index (χ2n) is 4.32. The molecule has 0 spiro atoms. The van der Waals surface area contributed by atoms with E-state index in [0.717, 1.165) is 6.42 Å². The van der Waals surface area contributed by atoms with Crippen LogP contribution in [0.3, 0.4) is 0 Å².